The quantitative estimate of drug-likeness (QED) is 0.671. The van der Waals surface area contributed by atoms with Crippen molar-refractivity contribution in [2.24, 2.45) is 0 Å². The number of rotatable bonds is 5. The number of nitro benzene ring substituents is 1. The van der Waals surface area contributed by atoms with Crippen molar-refractivity contribution in [3.8, 4) is 11.6 Å². The van der Waals surface area contributed by atoms with Crippen molar-refractivity contribution in [2.75, 3.05) is 12.4 Å². The van der Waals surface area contributed by atoms with Gasteiger partial charge < -0.3 is 10.1 Å². The van der Waals surface area contributed by atoms with Crippen LogP contribution in [0.2, 0.25) is 0 Å². The first-order chi connectivity index (χ1) is 10.1. The summed E-state index contributed by atoms with van der Waals surface area (Å²) in [6.07, 6.45) is 2.01. The molecule has 0 radical (unpaired) electrons. The van der Waals surface area contributed by atoms with Crippen LogP contribution in [0.1, 0.15) is 18.1 Å². The summed E-state index contributed by atoms with van der Waals surface area (Å²) in [7, 11) is 1.75. The van der Waals surface area contributed by atoms with E-state index in [9.17, 15) is 10.1 Å². The molecule has 0 saturated heterocycles. The number of benzene rings is 1. The van der Waals surface area contributed by atoms with E-state index < -0.39 is 4.92 Å². The normalized spacial score (nSPS) is 10.2. The number of anilines is 1. The van der Waals surface area contributed by atoms with Gasteiger partial charge in [0, 0.05) is 12.6 Å². The molecule has 1 aromatic heterocycles. The molecule has 0 atom stereocenters. The van der Waals surface area contributed by atoms with Gasteiger partial charge in [-0.3, -0.25) is 10.1 Å². The fourth-order valence-electron chi connectivity index (χ4n) is 2.07. The number of nitrogens with zero attached hydrogens (tertiary/aromatic N) is 3. The molecule has 7 nitrogen and oxygen atoms in total. The second-order valence-corrected chi connectivity index (χ2v) is 4.39. The van der Waals surface area contributed by atoms with Gasteiger partial charge in [0.1, 0.15) is 12.1 Å². The average Bonchev–Trinajstić information content (AvgIpc) is 2.46. The molecule has 0 saturated carbocycles. The monoisotopic (exact) mass is 288 g/mol. The molecule has 0 amide bonds. The number of ether oxygens (including phenoxy) is 1. The summed E-state index contributed by atoms with van der Waals surface area (Å²) in [5, 5.41) is 14.1. The highest BCUT2D eigenvalue weighted by Crippen LogP contribution is 2.35. The van der Waals surface area contributed by atoms with Crippen LogP contribution in [0.15, 0.2) is 24.5 Å². The smallest absolute Gasteiger partial charge is 0.314 e. The molecule has 0 aliphatic heterocycles. The third-order valence-electron chi connectivity index (χ3n) is 3.09. The maximum Gasteiger partial charge on any atom is 0.314 e. The van der Waals surface area contributed by atoms with E-state index in [0.29, 0.717) is 23.7 Å². The van der Waals surface area contributed by atoms with Gasteiger partial charge in [0.25, 0.3) is 0 Å². The van der Waals surface area contributed by atoms with Crippen LogP contribution in [0.5, 0.6) is 11.6 Å². The SMILES string of the molecule is CCc1c(NC)ncnc1Oc1cccc(C)c1[N+](=O)[O-]. The van der Waals surface area contributed by atoms with Crippen molar-refractivity contribution in [2.45, 2.75) is 20.3 Å². The Balaban J connectivity index is 2.49. The van der Waals surface area contributed by atoms with E-state index in [4.69, 9.17) is 4.74 Å². The van der Waals surface area contributed by atoms with Crippen LogP contribution in [0.25, 0.3) is 0 Å². The van der Waals surface area contributed by atoms with Gasteiger partial charge >= 0.3 is 5.69 Å². The third kappa shape index (κ3) is 2.91. The fourth-order valence-corrected chi connectivity index (χ4v) is 2.07. The van der Waals surface area contributed by atoms with Gasteiger partial charge in [0.05, 0.1) is 10.5 Å². The first kappa shape index (κ1) is 14.7. The second-order valence-electron chi connectivity index (χ2n) is 4.39. The summed E-state index contributed by atoms with van der Waals surface area (Å²) in [4.78, 5) is 18.9. The third-order valence-corrected chi connectivity index (χ3v) is 3.09. The predicted molar refractivity (Wildman–Crippen MR) is 78.9 cm³/mol. The molecule has 7 heteroatoms. The zero-order valence-corrected chi connectivity index (χ0v) is 12.1. The number of nitro groups is 1. The minimum Gasteiger partial charge on any atom is -0.431 e. The van der Waals surface area contributed by atoms with Crippen molar-refractivity contribution >= 4 is 11.5 Å². The van der Waals surface area contributed by atoms with Gasteiger partial charge in [0.2, 0.25) is 11.6 Å². The summed E-state index contributed by atoms with van der Waals surface area (Å²) in [5.41, 5.74) is 1.26. The van der Waals surface area contributed by atoms with Crippen LogP contribution in [-0.4, -0.2) is 21.9 Å². The van der Waals surface area contributed by atoms with Gasteiger partial charge in [-0.05, 0) is 19.4 Å². The molecule has 2 rings (SSSR count). The first-order valence-electron chi connectivity index (χ1n) is 6.52. The number of nitrogens with one attached hydrogen (secondary N) is 1. The van der Waals surface area contributed by atoms with E-state index in [-0.39, 0.29) is 11.4 Å². The number of hydrogen-bond acceptors (Lipinski definition) is 6. The van der Waals surface area contributed by atoms with E-state index in [1.54, 1.807) is 32.2 Å². The topological polar surface area (TPSA) is 90.2 Å². The summed E-state index contributed by atoms with van der Waals surface area (Å²) in [6.45, 7) is 3.61. The van der Waals surface area contributed by atoms with Gasteiger partial charge in [-0.25, -0.2) is 9.97 Å². The van der Waals surface area contributed by atoms with Crippen molar-refractivity contribution in [1.82, 2.24) is 9.97 Å². The second kappa shape index (κ2) is 6.17. The largest absolute Gasteiger partial charge is 0.431 e. The average molecular weight is 288 g/mol. The van der Waals surface area contributed by atoms with E-state index in [2.05, 4.69) is 15.3 Å². The van der Waals surface area contributed by atoms with Gasteiger partial charge in [-0.1, -0.05) is 19.1 Å². The molecular formula is C14H16N4O3. The Labute approximate surface area is 122 Å². The van der Waals surface area contributed by atoms with Crippen molar-refractivity contribution < 1.29 is 9.66 Å². The molecule has 0 aliphatic carbocycles. The Morgan fingerprint density at radius 1 is 1.38 bits per heavy atom. The van der Waals surface area contributed by atoms with Gasteiger partial charge in [-0.2, -0.15) is 0 Å². The highest BCUT2D eigenvalue weighted by Gasteiger charge is 2.21. The van der Waals surface area contributed by atoms with Crippen LogP contribution < -0.4 is 10.1 Å². The lowest BCUT2D eigenvalue weighted by Gasteiger charge is -2.12. The zero-order valence-electron chi connectivity index (χ0n) is 12.1. The minimum absolute atomic E-state index is 0.0517. The number of aromatic nitrogens is 2. The number of para-hydroxylation sites is 1. The molecule has 0 unspecified atom stereocenters. The van der Waals surface area contributed by atoms with Crippen molar-refractivity contribution in [3.05, 3.63) is 45.8 Å². The maximum absolute atomic E-state index is 11.2. The molecular weight excluding hydrogens is 272 g/mol. The molecule has 1 heterocycles. The van der Waals surface area contributed by atoms with E-state index >= 15 is 0 Å². The summed E-state index contributed by atoms with van der Waals surface area (Å²) in [6, 6.07) is 4.94. The van der Waals surface area contributed by atoms with Crippen LogP contribution in [0, 0.1) is 17.0 Å². The molecule has 1 N–H and O–H groups in total. The van der Waals surface area contributed by atoms with Crippen LogP contribution >= 0.6 is 0 Å². The van der Waals surface area contributed by atoms with Gasteiger partial charge in [0.15, 0.2) is 0 Å². The Hall–Kier alpha value is -2.70. The number of aryl methyl sites for hydroxylation is 1. The van der Waals surface area contributed by atoms with E-state index in [0.717, 1.165) is 5.56 Å². The van der Waals surface area contributed by atoms with Crippen molar-refractivity contribution in [1.29, 1.82) is 0 Å². The molecule has 0 spiro atoms. The lowest BCUT2D eigenvalue weighted by atomic mass is 10.2. The minimum atomic E-state index is -0.448. The molecule has 1 aromatic carbocycles. The van der Waals surface area contributed by atoms with Gasteiger partial charge in [-0.15, -0.1) is 0 Å². The fraction of sp³-hybridized carbons (Fsp3) is 0.286. The molecule has 110 valence electrons. The zero-order chi connectivity index (χ0) is 15.4. The van der Waals surface area contributed by atoms with E-state index in [1.165, 1.54) is 6.33 Å². The predicted octanol–water partition coefficient (Wildman–Crippen LogP) is 3.09. The summed E-state index contributed by atoms with van der Waals surface area (Å²) in [5.74, 6) is 1.15. The molecule has 0 aliphatic rings. The molecule has 0 fully saturated rings. The molecule has 21 heavy (non-hydrogen) atoms. The lowest BCUT2D eigenvalue weighted by Crippen LogP contribution is -2.03. The Morgan fingerprint density at radius 2 is 2.14 bits per heavy atom. The molecule has 2 aromatic rings. The standard InChI is InChI=1S/C14H16N4O3/c1-4-10-13(15-3)16-8-17-14(10)21-11-7-5-6-9(2)12(11)18(19)20/h5-8H,4H2,1-3H3,(H,15,16,17). The van der Waals surface area contributed by atoms with Crippen LogP contribution in [0.3, 0.4) is 0 Å². The van der Waals surface area contributed by atoms with Crippen molar-refractivity contribution in [3.63, 3.8) is 0 Å². The maximum atomic E-state index is 11.2. The first-order valence-corrected chi connectivity index (χ1v) is 6.52. The van der Waals surface area contributed by atoms with Crippen LogP contribution in [-0.2, 0) is 6.42 Å². The highest BCUT2D eigenvalue weighted by atomic mass is 16.6. The lowest BCUT2D eigenvalue weighted by molar-refractivity contribution is -0.386. The summed E-state index contributed by atoms with van der Waals surface area (Å²) >= 11 is 0. The van der Waals surface area contributed by atoms with E-state index in [1.807, 2.05) is 6.92 Å². The highest BCUT2D eigenvalue weighted by molar-refractivity contribution is 5.55. The Morgan fingerprint density at radius 3 is 2.76 bits per heavy atom. The van der Waals surface area contributed by atoms with Crippen LogP contribution in [0.4, 0.5) is 11.5 Å². The Kier molecular flexibility index (Phi) is 4.32. The number of hydrogen-bond donors (Lipinski definition) is 1. The molecule has 0 bridgehead atoms. The summed E-state index contributed by atoms with van der Waals surface area (Å²) < 4.78 is 5.68. The Bertz CT molecular complexity index is 673.